The molecule has 1 aliphatic carbocycles. The van der Waals surface area contributed by atoms with Crippen LogP contribution in [0.15, 0.2) is 48.5 Å². The maximum atomic E-state index is 12.5. The van der Waals surface area contributed by atoms with Gasteiger partial charge in [-0.3, -0.25) is 9.59 Å². The average molecular weight is 418 g/mol. The van der Waals surface area contributed by atoms with Crippen LogP contribution in [0.2, 0.25) is 0 Å². The van der Waals surface area contributed by atoms with Crippen molar-refractivity contribution in [2.75, 3.05) is 23.8 Å². The first-order chi connectivity index (χ1) is 13.6. The lowest BCUT2D eigenvalue weighted by Gasteiger charge is -2.17. The Balaban J connectivity index is 0.00000300. The number of nitrogens with two attached hydrogens (primary N) is 1. The Morgan fingerprint density at radius 1 is 1.00 bits per heavy atom. The Bertz CT molecular complexity index is 809. The molecular weight excluding hydrogens is 390 g/mol. The Morgan fingerprint density at radius 3 is 2.24 bits per heavy atom. The molecule has 6 nitrogen and oxygen atoms in total. The molecule has 29 heavy (non-hydrogen) atoms. The molecule has 7 heteroatoms. The number of rotatable bonds is 7. The van der Waals surface area contributed by atoms with E-state index in [1.165, 1.54) is 0 Å². The Hall–Kier alpha value is -2.57. The predicted octanol–water partition coefficient (Wildman–Crippen LogP) is 4.07. The number of hydrogen-bond donors (Lipinski definition) is 3. The SMILES string of the molecule is CCOc1ccc(NC(=O)c2ccc(NC(=O)[C@@H]3CCC[C@@H]3CN)cc2)cc1.Cl. The summed E-state index contributed by atoms with van der Waals surface area (Å²) in [5.74, 6) is 0.812. The zero-order chi connectivity index (χ0) is 19.9. The van der Waals surface area contributed by atoms with Gasteiger partial charge < -0.3 is 21.1 Å². The normalized spacial score (nSPS) is 17.9. The van der Waals surface area contributed by atoms with Crippen LogP contribution in [-0.4, -0.2) is 25.0 Å². The van der Waals surface area contributed by atoms with E-state index in [0.29, 0.717) is 30.1 Å². The van der Waals surface area contributed by atoms with E-state index in [9.17, 15) is 9.59 Å². The highest BCUT2D eigenvalue weighted by atomic mass is 35.5. The summed E-state index contributed by atoms with van der Waals surface area (Å²) in [4.78, 5) is 24.9. The lowest BCUT2D eigenvalue weighted by Crippen LogP contribution is -2.29. The second kappa shape index (κ2) is 10.8. The fourth-order valence-electron chi connectivity index (χ4n) is 3.61. The summed E-state index contributed by atoms with van der Waals surface area (Å²) < 4.78 is 5.39. The topological polar surface area (TPSA) is 93.5 Å². The van der Waals surface area contributed by atoms with Gasteiger partial charge in [-0.25, -0.2) is 0 Å². The van der Waals surface area contributed by atoms with Crippen molar-refractivity contribution in [1.29, 1.82) is 0 Å². The minimum atomic E-state index is -0.207. The molecule has 0 radical (unpaired) electrons. The van der Waals surface area contributed by atoms with Crippen LogP contribution < -0.4 is 21.1 Å². The smallest absolute Gasteiger partial charge is 0.255 e. The van der Waals surface area contributed by atoms with Gasteiger partial charge in [-0.05, 0) is 80.8 Å². The third kappa shape index (κ3) is 5.95. The Kier molecular flexibility index (Phi) is 8.49. The predicted molar refractivity (Wildman–Crippen MR) is 118 cm³/mol. The molecule has 0 saturated heterocycles. The maximum absolute atomic E-state index is 12.5. The second-order valence-corrected chi connectivity index (χ2v) is 7.01. The zero-order valence-corrected chi connectivity index (χ0v) is 17.3. The second-order valence-electron chi connectivity index (χ2n) is 7.01. The molecule has 2 amide bonds. The monoisotopic (exact) mass is 417 g/mol. The minimum absolute atomic E-state index is 0. The number of amides is 2. The highest BCUT2D eigenvalue weighted by Crippen LogP contribution is 2.31. The van der Waals surface area contributed by atoms with Crippen LogP contribution >= 0.6 is 12.4 Å². The minimum Gasteiger partial charge on any atom is -0.494 e. The summed E-state index contributed by atoms with van der Waals surface area (Å²) in [5, 5.41) is 5.79. The molecule has 3 rings (SSSR count). The van der Waals surface area contributed by atoms with E-state index in [4.69, 9.17) is 10.5 Å². The van der Waals surface area contributed by atoms with E-state index in [1.54, 1.807) is 36.4 Å². The number of carbonyl (C=O) groups is 2. The zero-order valence-electron chi connectivity index (χ0n) is 16.5. The van der Waals surface area contributed by atoms with Gasteiger partial charge in [-0.15, -0.1) is 12.4 Å². The molecule has 0 unspecified atom stereocenters. The summed E-state index contributed by atoms with van der Waals surface area (Å²) >= 11 is 0. The van der Waals surface area contributed by atoms with Crippen LogP contribution in [0.25, 0.3) is 0 Å². The van der Waals surface area contributed by atoms with Crippen molar-refractivity contribution in [3.05, 3.63) is 54.1 Å². The van der Waals surface area contributed by atoms with Gasteiger partial charge in [0.1, 0.15) is 5.75 Å². The molecule has 0 heterocycles. The lowest BCUT2D eigenvalue weighted by molar-refractivity contribution is -0.120. The van der Waals surface area contributed by atoms with Crippen LogP contribution in [0, 0.1) is 11.8 Å². The molecule has 0 spiro atoms. The molecule has 4 N–H and O–H groups in total. The van der Waals surface area contributed by atoms with Gasteiger partial charge >= 0.3 is 0 Å². The van der Waals surface area contributed by atoms with Gasteiger partial charge in [-0.2, -0.15) is 0 Å². The number of anilines is 2. The lowest BCUT2D eigenvalue weighted by atomic mass is 9.95. The maximum Gasteiger partial charge on any atom is 0.255 e. The van der Waals surface area contributed by atoms with E-state index in [0.717, 1.165) is 25.0 Å². The molecule has 2 atom stereocenters. The van der Waals surface area contributed by atoms with E-state index in [2.05, 4.69) is 10.6 Å². The first-order valence-corrected chi connectivity index (χ1v) is 9.76. The third-order valence-electron chi connectivity index (χ3n) is 5.14. The molecule has 2 aromatic carbocycles. The standard InChI is InChI=1S/C22H27N3O3.ClH/c1-2-28-19-12-10-18(11-13-19)24-21(26)15-6-8-17(9-7-15)25-22(27)20-5-3-4-16(20)14-23;/h6-13,16,20H,2-5,14,23H2,1H3,(H,24,26)(H,25,27);1H/t16-,20-;/m1./s1. The summed E-state index contributed by atoms with van der Waals surface area (Å²) in [5.41, 5.74) is 7.66. The van der Waals surface area contributed by atoms with Crippen LogP contribution in [0.1, 0.15) is 36.5 Å². The van der Waals surface area contributed by atoms with Crippen molar-refractivity contribution in [2.24, 2.45) is 17.6 Å². The van der Waals surface area contributed by atoms with Crippen LogP contribution in [0.3, 0.4) is 0 Å². The Labute approximate surface area is 177 Å². The summed E-state index contributed by atoms with van der Waals surface area (Å²) in [6, 6.07) is 14.1. The summed E-state index contributed by atoms with van der Waals surface area (Å²) in [6.07, 6.45) is 2.94. The number of halogens is 1. The molecule has 1 saturated carbocycles. The molecule has 0 aliphatic heterocycles. The van der Waals surface area contributed by atoms with Crippen LogP contribution in [0.4, 0.5) is 11.4 Å². The number of nitrogens with one attached hydrogen (secondary N) is 2. The largest absolute Gasteiger partial charge is 0.494 e. The van der Waals surface area contributed by atoms with E-state index >= 15 is 0 Å². The highest BCUT2D eigenvalue weighted by Gasteiger charge is 2.31. The van der Waals surface area contributed by atoms with Gasteiger partial charge in [0.05, 0.1) is 6.61 Å². The van der Waals surface area contributed by atoms with E-state index in [-0.39, 0.29) is 36.1 Å². The van der Waals surface area contributed by atoms with Gasteiger partial charge in [0, 0.05) is 22.9 Å². The van der Waals surface area contributed by atoms with E-state index in [1.807, 2.05) is 19.1 Å². The molecule has 0 aromatic heterocycles. The number of benzene rings is 2. The Morgan fingerprint density at radius 2 is 1.62 bits per heavy atom. The van der Waals surface area contributed by atoms with Crippen molar-refractivity contribution in [1.82, 2.24) is 0 Å². The summed E-state index contributed by atoms with van der Waals surface area (Å²) in [7, 11) is 0. The molecule has 1 aliphatic rings. The van der Waals surface area contributed by atoms with Gasteiger partial charge in [-0.1, -0.05) is 6.42 Å². The fourth-order valence-corrected chi connectivity index (χ4v) is 3.61. The molecule has 0 bridgehead atoms. The number of hydrogen-bond acceptors (Lipinski definition) is 4. The highest BCUT2D eigenvalue weighted by molar-refractivity contribution is 6.04. The van der Waals surface area contributed by atoms with Crippen molar-refractivity contribution in [3.8, 4) is 5.75 Å². The molecule has 1 fully saturated rings. The van der Waals surface area contributed by atoms with Gasteiger partial charge in [0.25, 0.3) is 5.91 Å². The molecular formula is C22H28ClN3O3. The summed E-state index contributed by atoms with van der Waals surface area (Å²) in [6.45, 7) is 3.07. The quantitative estimate of drug-likeness (QED) is 0.632. The van der Waals surface area contributed by atoms with Gasteiger partial charge in [0.2, 0.25) is 5.91 Å². The van der Waals surface area contributed by atoms with E-state index < -0.39 is 0 Å². The first-order valence-electron chi connectivity index (χ1n) is 9.76. The average Bonchev–Trinajstić information content (AvgIpc) is 3.19. The van der Waals surface area contributed by atoms with Gasteiger partial charge in [0.15, 0.2) is 0 Å². The third-order valence-corrected chi connectivity index (χ3v) is 5.14. The van der Waals surface area contributed by atoms with Crippen molar-refractivity contribution in [3.63, 3.8) is 0 Å². The molecule has 156 valence electrons. The van der Waals surface area contributed by atoms with Crippen LogP contribution in [0.5, 0.6) is 5.75 Å². The van der Waals surface area contributed by atoms with Crippen molar-refractivity contribution < 1.29 is 14.3 Å². The molecule has 2 aromatic rings. The van der Waals surface area contributed by atoms with Crippen LogP contribution in [-0.2, 0) is 4.79 Å². The van der Waals surface area contributed by atoms with Crippen molar-refractivity contribution >= 4 is 35.6 Å². The number of carbonyl (C=O) groups excluding carboxylic acids is 2. The number of ether oxygens (including phenoxy) is 1. The first kappa shape index (κ1) is 22.7. The fraction of sp³-hybridized carbons (Fsp3) is 0.364. The van der Waals surface area contributed by atoms with Crippen molar-refractivity contribution in [2.45, 2.75) is 26.2 Å².